The summed E-state index contributed by atoms with van der Waals surface area (Å²) in [6.07, 6.45) is 0. The summed E-state index contributed by atoms with van der Waals surface area (Å²) in [5.74, 6) is 1.83. The van der Waals surface area contributed by atoms with E-state index in [0.717, 1.165) is 5.75 Å². The molecule has 1 N–H and O–H groups in total. The minimum Gasteiger partial charge on any atom is -0.502 e. The summed E-state index contributed by atoms with van der Waals surface area (Å²) in [7, 11) is 1.50. The maximum absolute atomic E-state index is 9.20. The second kappa shape index (κ2) is 1.56. The van der Waals surface area contributed by atoms with Crippen molar-refractivity contribution in [3.8, 4) is 23.0 Å². The van der Waals surface area contributed by atoms with E-state index in [9.17, 15) is 5.11 Å². The van der Waals surface area contributed by atoms with Gasteiger partial charge in [0.1, 0.15) is 0 Å². The van der Waals surface area contributed by atoms with Crippen molar-refractivity contribution in [3.05, 3.63) is 12.1 Å². The van der Waals surface area contributed by atoms with Crippen LogP contribution in [0.25, 0.3) is 0 Å². The Morgan fingerprint density at radius 1 is 1.50 bits per heavy atom. The molecule has 0 amide bonds. The van der Waals surface area contributed by atoms with Crippen LogP contribution in [0.3, 0.4) is 0 Å². The minimum absolute atomic E-state index is 0.0972. The molecule has 1 aromatic rings. The second-order valence-electron chi connectivity index (χ2n) is 2.05. The van der Waals surface area contributed by atoms with Gasteiger partial charge in [-0.15, -0.1) is 0 Å². The van der Waals surface area contributed by atoms with Gasteiger partial charge in [-0.25, -0.2) is 0 Å². The predicted molar refractivity (Wildman–Crippen MR) is 34.7 cm³/mol. The molecule has 3 heteroatoms. The summed E-state index contributed by atoms with van der Waals surface area (Å²) >= 11 is 0. The van der Waals surface area contributed by atoms with Gasteiger partial charge in [0, 0.05) is 0 Å². The van der Waals surface area contributed by atoms with Crippen molar-refractivity contribution in [2.24, 2.45) is 0 Å². The summed E-state index contributed by atoms with van der Waals surface area (Å²) in [5.41, 5.74) is 0. The first kappa shape index (κ1) is 5.41. The Labute approximate surface area is 57.8 Å². The van der Waals surface area contributed by atoms with Gasteiger partial charge in [0.05, 0.1) is 7.11 Å². The molecular formula is C7H6O3. The van der Waals surface area contributed by atoms with Crippen molar-refractivity contribution < 1.29 is 14.6 Å². The normalized spacial score (nSPS) is 11.7. The molecule has 10 heavy (non-hydrogen) atoms. The van der Waals surface area contributed by atoms with Crippen molar-refractivity contribution >= 4 is 0 Å². The molecule has 0 bridgehead atoms. The lowest BCUT2D eigenvalue weighted by molar-refractivity contribution is 0.371. The number of phenols is 1. The second-order valence-corrected chi connectivity index (χ2v) is 2.05. The summed E-state index contributed by atoms with van der Waals surface area (Å²) in [5, 5.41) is 9.20. The number of hydrogen-bond acceptors (Lipinski definition) is 3. The molecule has 0 saturated carbocycles. The average molecular weight is 138 g/mol. The van der Waals surface area contributed by atoms with Crippen LogP contribution in [0.5, 0.6) is 23.0 Å². The molecular weight excluding hydrogens is 132 g/mol. The quantitative estimate of drug-likeness (QED) is 0.607. The average Bonchev–Trinajstić information content (AvgIpc) is 2.68. The van der Waals surface area contributed by atoms with Crippen molar-refractivity contribution in [2.45, 2.75) is 0 Å². The van der Waals surface area contributed by atoms with Gasteiger partial charge in [-0.05, 0) is 12.1 Å². The Hall–Kier alpha value is -1.38. The third-order valence-corrected chi connectivity index (χ3v) is 1.45. The highest BCUT2D eigenvalue weighted by atomic mass is 16.6. The van der Waals surface area contributed by atoms with E-state index in [-0.39, 0.29) is 5.75 Å². The van der Waals surface area contributed by atoms with Crippen LogP contribution in [0.1, 0.15) is 0 Å². The van der Waals surface area contributed by atoms with E-state index in [1.807, 2.05) is 0 Å². The molecule has 0 aromatic heterocycles. The summed E-state index contributed by atoms with van der Waals surface area (Å²) in [6, 6.07) is 3.43. The van der Waals surface area contributed by atoms with E-state index in [0.29, 0.717) is 11.5 Å². The van der Waals surface area contributed by atoms with Gasteiger partial charge in [-0.1, -0.05) is 0 Å². The Balaban J connectivity index is 2.54. The van der Waals surface area contributed by atoms with Crippen molar-refractivity contribution in [2.75, 3.05) is 7.11 Å². The number of phenolic OH excluding ortho intramolecular Hbond substituents is 1. The Bertz CT molecular complexity index is 280. The number of aromatic hydroxyl groups is 1. The minimum atomic E-state index is 0.0972. The number of ether oxygens (including phenoxy) is 2. The molecule has 0 atom stereocenters. The van der Waals surface area contributed by atoms with Gasteiger partial charge < -0.3 is 14.6 Å². The maximum Gasteiger partial charge on any atom is 0.215 e. The first-order chi connectivity index (χ1) is 4.83. The Kier molecular flexibility index (Phi) is 0.845. The number of benzene rings is 1. The van der Waals surface area contributed by atoms with Crippen LogP contribution in [0.2, 0.25) is 0 Å². The van der Waals surface area contributed by atoms with Crippen LogP contribution in [-0.4, -0.2) is 12.2 Å². The predicted octanol–water partition coefficient (Wildman–Crippen LogP) is 1.51. The molecule has 3 nitrogen and oxygen atoms in total. The maximum atomic E-state index is 9.20. The van der Waals surface area contributed by atoms with E-state index >= 15 is 0 Å². The number of rotatable bonds is 1. The Morgan fingerprint density at radius 2 is 2.30 bits per heavy atom. The van der Waals surface area contributed by atoms with Crippen molar-refractivity contribution in [1.82, 2.24) is 0 Å². The summed E-state index contributed by atoms with van der Waals surface area (Å²) in [4.78, 5) is 0. The summed E-state index contributed by atoms with van der Waals surface area (Å²) in [6.45, 7) is 0. The monoisotopic (exact) mass is 138 g/mol. The fraction of sp³-hybridized carbons (Fsp3) is 0.143. The third kappa shape index (κ3) is 0.543. The highest BCUT2D eigenvalue weighted by Crippen LogP contribution is 2.55. The zero-order chi connectivity index (χ0) is 7.14. The van der Waals surface area contributed by atoms with Gasteiger partial charge in [0.25, 0.3) is 0 Å². The Morgan fingerprint density at radius 3 is 3.00 bits per heavy atom. The lowest BCUT2D eigenvalue weighted by Crippen LogP contribution is -1.79. The standard InChI is InChI=1S/C7H6O3/c1-9-4-2-3-5-7(10-5)6(4)8/h2-3,8H,1H3. The highest BCUT2D eigenvalue weighted by Gasteiger charge is 2.27. The van der Waals surface area contributed by atoms with Crippen LogP contribution >= 0.6 is 0 Å². The SMILES string of the molecule is COc1ccc2c(c1O)O2. The molecule has 0 radical (unpaired) electrons. The van der Waals surface area contributed by atoms with E-state index in [1.54, 1.807) is 12.1 Å². The molecule has 0 spiro atoms. The lowest BCUT2D eigenvalue weighted by atomic mass is 10.3. The zero-order valence-corrected chi connectivity index (χ0v) is 5.42. The number of hydrogen-bond donors (Lipinski definition) is 1. The van der Waals surface area contributed by atoms with E-state index < -0.39 is 0 Å². The topological polar surface area (TPSA) is 42.0 Å². The molecule has 1 heterocycles. The molecule has 1 aliphatic rings. The number of methoxy groups -OCH3 is 1. The highest BCUT2D eigenvalue weighted by molar-refractivity contribution is 5.67. The molecule has 52 valence electrons. The van der Waals surface area contributed by atoms with Crippen LogP contribution in [0, 0.1) is 0 Å². The molecule has 0 saturated heterocycles. The molecule has 2 rings (SSSR count). The first-order valence-corrected chi connectivity index (χ1v) is 2.90. The fourth-order valence-corrected chi connectivity index (χ4v) is 0.866. The van der Waals surface area contributed by atoms with E-state index in [4.69, 9.17) is 9.47 Å². The molecule has 0 fully saturated rings. The van der Waals surface area contributed by atoms with Gasteiger partial charge in [-0.2, -0.15) is 0 Å². The van der Waals surface area contributed by atoms with E-state index in [1.165, 1.54) is 7.11 Å². The van der Waals surface area contributed by atoms with Crippen LogP contribution in [0.15, 0.2) is 12.1 Å². The molecule has 0 aliphatic carbocycles. The largest absolute Gasteiger partial charge is 0.502 e. The van der Waals surface area contributed by atoms with E-state index in [2.05, 4.69) is 0 Å². The smallest absolute Gasteiger partial charge is 0.215 e. The van der Waals surface area contributed by atoms with Crippen molar-refractivity contribution in [3.63, 3.8) is 0 Å². The zero-order valence-electron chi connectivity index (χ0n) is 5.42. The molecule has 1 aromatic carbocycles. The fourth-order valence-electron chi connectivity index (χ4n) is 0.866. The van der Waals surface area contributed by atoms with Crippen LogP contribution < -0.4 is 9.47 Å². The van der Waals surface area contributed by atoms with Crippen molar-refractivity contribution in [1.29, 1.82) is 0 Å². The third-order valence-electron chi connectivity index (χ3n) is 1.45. The van der Waals surface area contributed by atoms with Gasteiger partial charge in [-0.3, -0.25) is 0 Å². The van der Waals surface area contributed by atoms with Crippen LogP contribution in [0.4, 0.5) is 0 Å². The lowest BCUT2D eigenvalue weighted by Gasteiger charge is -1.96. The first-order valence-electron chi connectivity index (χ1n) is 2.90. The summed E-state index contributed by atoms with van der Waals surface area (Å²) < 4.78 is 9.71. The molecule has 0 unspecified atom stereocenters. The van der Waals surface area contributed by atoms with Gasteiger partial charge >= 0.3 is 0 Å². The molecule has 1 aliphatic heterocycles. The van der Waals surface area contributed by atoms with Gasteiger partial charge in [0.2, 0.25) is 11.5 Å². The van der Waals surface area contributed by atoms with Gasteiger partial charge in [0.15, 0.2) is 11.5 Å². The van der Waals surface area contributed by atoms with Crippen LogP contribution in [-0.2, 0) is 0 Å². The number of fused-ring (bicyclic) bond motifs is 1.